The molecular formula is C21H23ClN2O. The van der Waals surface area contributed by atoms with Crippen molar-refractivity contribution in [1.29, 1.82) is 0 Å². The van der Waals surface area contributed by atoms with Gasteiger partial charge >= 0.3 is 0 Å². The van der Waals surface area contributed by atoms with Gasteiger partial charge in [0.05, 0.1) is 0 Å². The van der Waals surface area contributed by atoms with Gasteiger partial charge in [0.15, 0.2) is 0 Å². The monoisotopic (exact) mass is 354 g/mol. The topological polar surface area (TPSA) is 32.3 Å². The summed E-state index contributed by atoms with van der Waals surface area (Å²) in [7, 11) is 0. The molecule has 4 rings (SSSR count). The average Bonchev–Trinajstić information content (AvgIpc) is 3.02. The Morgan fingerprint density at radius 2 is 1.72 bits per heavy atom. The number of benzene rings is 2. The summed E-state index contributed by atoms with van der Waals surface area (Å²) >= 11 is 6.03. The van der Waals surface area contributed by atoms with Crippen LogP contribution < -0.4 is 10.2 Å². The summed E-state index contributed by atoms with van der Waals surface area (Å²) in [6, 6.07) is 16.6. The number of rotatable bonds is 5. The molecule has 0 radical (unpaired) electrons. The predicted molar refractivity (Wildman–Crippen MR) is 102 cm³/mol. The maximum absolute atomic E-state index is 11.8. The molecule has 4 heteroatoms. The van der Waals surface area contributed by atoms with Gasteiger partial charge in [-0.25, -0.2) is 0 Å². The number of hydrogen-bond donors (Lipinski definition) is 1. The van der Waals surface area contributed by atoms with Crippen LogP contribution in [-0.2, 0) is 16.9 Å². The molecule has 1 N–H and O–H groups in total. The highest BCUT2D eigenvalue weighted by molar-refractivity contribution is 6.30. The van der Waals surface area contributed by atoms with Crippen molar-refractivity contribution in [2.24, 2.45) is 0 Å². The summed E-state index contributed by atoms with van der Waals surface area (Å²) in [5.41, 5.74) is 3.66. The van der Waals surface area contributed by atoms with Gasteiger partial charge in [0, 0.05) is 35.8 Å². The summed E-state index contributed by atoms with van der Waals surface area (Å²) in [5, 5.41) is 4.54. The van der Waals surface area contributed by atoms with Crippen molar-refractivity contribution >= 4 is 23.2 Å². The summed E-state index contributed by atoms with van der Waals surface area (Å²) in [4.78, 5) is 13.7. The first kappa shape index (κ1) is 16.6. The molecule has 1 heterocycles. The van der Waals surface area contributed by atoms with E-state index in [1.807, 2.05) is 17.0 Å². The van der Waals surface area contributed by atoms with Crippen molar-refractivity contribution in [3.63, 3.8) is 0 Å². The van der Waals surface area contributed by atoms with Crippen LogP contribution in [0.15, 0.2) is 48.5 Å². The highest BCUT2D eigenvalue weighted by atomic mass is 35.5. The largest absolute Gasteiger partial charge is 0.312 e. The second-order valence-electron chi connectivity index (χ2n) is 7.11. The van der Waals surface area contributed by atoms with E-state index in [0.717, 1.165) is 43.1 Å². The zero-order valence-corrected chi connectivity index (χ0v) is 15.1. The first-order chi connectivity index (χ1) is 12.2. The minimum atomic E-state index is 0.0776. The lowest BCUT2D eigenvalue weighted by atomic mass is 9.71. The summed E-state index contributed by atoms with van der Waals surface area (Å²) in [6.07, 6.45) is 5.22. The van der Waals surface area contributed by atoms with Crippen molar-refractivity contribution < 1.29 is 4.79 Å². The molecule has 0 atom stereocenters. The van der Waals surface area contributed by atoms with Gasteiger partial charge in [-0.3, -0.25) is 4.79 Å². The van der Waals surface area contributed by atoms with E-state index in [2.05, 4.69) is 41.7 Å². The molecule has 2 aliphatic rings. The van der Waals surface area contributed by atoms with E-state index < -0.39 is 0 Å². The van der Waals surface area contributed by atoms with Crippen LogP contribution in [-0.4, -0.2) is 12.5 Å². The lowest BCUT2D eigenvalue weighted by molar-refractivity contribution is -0.117. The summed E-state index contributed by atoms with van der Waals surface area (Å²) in [6.45, 7) is 1.67. The van der Waals surface area contributed by atoms with Crippen molar-refractivity contribution in [3.05, 3.63) is 64.7 Å². The molecule has 1 saturated heterocycles. The van der Waals surface area contributed by atoms with E-state index in [4.69, 9.17) is 11.6 Å². The number of carbonyl (C=O) groups is 1. The second kappa shape index (κ2) is 6.81. The zero-order valence-electron chi connectivity index (χ0n) is 14.3. The van der Waals surface area contributed by atoms with Gasteiger partial charge in [0.2, 0.25) is 5.91 Å². The fraction of sp³-hybridized carbons (Fsp3) is 0.381. The quantitative estimate of drug-likeness (QED) is 0.848. The standard InChI is InChI=1S/C21H23ClN2O/c22-18-8-6-17(7-9-18)21(12-2-13-21)23-15-16-4-10-19(11-5-16)24-14-1-3-20(24)25/h4-11,23H,1-3,12-15H2. The number of nitrogens with zero attached hydrogens (tertiary/aromatic N) is 1. The van der Waals surface area contributed by atoms with Gasteiger partial charge in [0.1, 0.15) is 0 Å². The highest BCUT2D eigenvalue weighted by Crippen LogP contribution is 2.41. The average molecular weight is 355 g/mol. The van der Waals surface area contributed by atoms with Crippen LogP contribution in [0.5, 0.6) is 0 Å². The van der Waals surface area contributed by atoms with Crippen molar-refractivity contribution in [2.45, 2.75) is 44.2 Å². The third-order valence-corrected chi connectivity index (χ3v) is 5.81. The fourth-order valence-corrected chi connectivity index (χ4v) is 3.98. The fourth-order valence-electron chi connectivity index (χ4n) is 3.85. The molecule has 1 aliphatic heterocycles. The van der Waals surface area contributed by atoms with Crippen molar-refractivity contribution in [1.82, 2.24) is 5.32 Å². The first-order valence-corrected chi connectivity index (χ1v) is 9.45. The molecule has 3 nitrogen and oxygen atoms in total. The van der Waals surface area contributed by atoms with E-state index in [-0.39, 0.29) is 11.4 Å². The van der Waals surface area contributed by atoms with Gasteiger partial charge in [-0.2, -0.15) is 0 Å². The summed E-state index contributed by atoms with van der Waals surface area (Å²) in [5.74, 6) is 0.238. The van der Waals surface area contributed by atoms with Crippen LogP contribution in [0.4, 0.5) is 5.69 Å². The molecule has 2 aromatic carbocycles. The number of amides is 1. The van der Waals surface area contributed by atoms with Gasteiger partial charge in [-0.15, -0.1) is 0 Å². The van der Waals surface area contributed by atoms with Crippen LogP contribution in [0.25, 0.3) is 0 Å². The molecule has 0 bridgehead atoms. The van der Waals surface area contributed by atoms with Crippen LogP contribution in [0.1, 0.15) is 43.2 Å². The first-order valence-electron chi connectivity index (χ1n) is 9.07. The van der Waals surface area contributed by atoms with Gasteiger partial charge < -0.3 is 10.2 Å². The summed E-state index contributed by atoms with van der Waals surface area (Å²) < 4.78 is 0. The van der Waals surface area contributed by atoms with Crippen molar-refractivity contribution in [2.75, 3.05) is 11.4 Å². The van der Waals surface area contributed by atoms with E-state index in [9.17, 15) is 4.79 Å². The second-order valence-corrected chi connectivity index (χ2v) is 7.55. The highest BCUT2D eigenvalue weighted by Gasteiger charge is 2.37. The van der Waals surface area contributed by atoms with Crippen molar-refractivity contribution in [3.8, 4) is 0 Å². The van der Waals surface area contributed by atoms with Crippen LogP contribution in [0.2, 0.25) is 5.02 Å². The van der Waals surface area contributed by atoms with Gasteiger partial charge in [-0.05, 0) is 61.1 Å². The molecule has 1 aliphatic carbocycles. The van der Waals surface area contributed by atoms with Gasteiger partial charge in [-0.1, -0.05) is 35.9 Å². The third-order valence-electron chi connectivity index (χ3n) is 5.56. The maximum atomic E-state index is 11.8. The maximum Gasteiger partial charge on any atom is 0.227 e. The molecule has 1 saturated carbocycles. The van der Waals surface area contributed by atoms with E-state index >= 15 is 0 Å². The lowest BCUT2D eigenvalue weighted by Crippen LogP contribution is -2.47. The molecule has 130 valence electrons. The van der Waals surface area contributed by atoms with E-state index in [0.29, 0.717) is 6.42 Å². The molecule has 0 unspecified atom stereocenters. The number of halogens is 1. The number of anilines is 1. The molecule has 0 spiro atoms. The number of carbonyl (C=O) groups excluding carboxylic acids is 1. The lowest BCUT2D eigenvalue weighted by Gasteiger charge is -2.43. The van der Waals surface area contributed by atoms with Crippen LogP contribution in [0, 0.1) is 0 Å². The minimum absolute atomic E-state index is 0.0776. The Balaban J connectivity index is 1.43. The zero-order chi connectivity index (χ0) is 17.3. The van der Waals surface area contributed by atoms with E-state index in [1.54, 1.807) is 0 Å². The molecule has 2 fully saturated rings. The predicted octanol–water partition coefficient (Wildman–Crippen LogP) is 4.64. The third kappa shape index (κ3) is 3.31. The Labute approximate surface area is 154 Å². The Bertz CT molecular complexity index is 750. The van der Waals surface area contributed by atoms with E-state index in [1.165, 1.54) is 17.5 Å². The molecule has 0 aromatic heterocycles. The smallest absolute Gasteiger partial charge is 0.227 e. The van der Waals surface area contributed by atoms with Gasteiger partial charge in [0.25, 0.3) is 0 Å². The number of nitrogens with one attached hydrogen (secondary N) is 1. The Morgan fingerprint density at radius 1 is 1.00 bits per heavy atom. The molecule has 25 heavy (non-hydrogen) atoms. The molecule has 1 amide bonds. The molecule has 2 aromatic rings. The normalized spacial score (nSPS) is 19.1. The van der Waals surface area contributed by atoms with Crippen LogP contribution >= 0.6 is 11.6 Å². The SMILES string of the molecule is O=C1CCCN1c1ccc(CNC2(c3ccc(Cl)cc3)CCC2)cc1. The Kier molecular flexibility index (Phi) is 4.53. The van der Waals surface area contributed by atoms with Crippen LogP contribution in [0.3, 0.4) is 0 Å². The molecular weight excluding hydrogens is 332 g/mol. The number of hydrogen-bond acceptors (Lipinski definition) is 2. The Morgan fingerprint density at radius 3 is 2.28 bits per heavy atom. The minimum Gasteiger partial charge on any atom is -0.312 e. The Hall–Kier alpha value is -1.84.